The second kappa shape index (κ2) is 6.98. The topological polar surface area (TPSA) is 78.8 Å². The van der Waals surface area contributed by atoms with E-state index in [1.165, 1.54) is 0 Å². The van der Waals surface area contributed by atoms with Crippen molar-refractivity contribution in [1.82, 2.24) is 5.32 Å². The van der Waals surface area contributed by atoms with Crippen LogP contribution in [0, 0.1) is 5.92 Å². The van der Waals surface area contributed by atoms with E-state index in [4.69, 9.17) is 9.84 Å². The molecule has 0 bridgehead atoms. The van der Waals surface area contributed by atoms with E-state index in [2.05, 4.69) is 5.32 Å². The number of carbonyl (C=O) groups excluding carboxylic acids is 1. The Bertz CT molecular complexity index is 688. The van der Waals surface area contributed by atoms with Crippen LogP contribution in [0.1, 0.15) is 12.8 Å². The van der Waals surface area contributed by atoms with Gasteiger partial charge in [-0.2, -0.15) is 0 Å². The minimum atomic E-state index is -0.549. The van der Waals surface area contributed by atoms with Crippen molar-refractivity contribution in [2.75, 3.05) is 13.2 Å². The number of nitrogens with one attached hydrogen (secondary N) is 1. The minimum Gasteiger partial charge on any atom is -0.484 e. The molecule has 0 heterocycles. The highest BCUT2D eigenvalue weighted by atomic mass is 16.5. The normalized spacial score (nSPS) is 23.8. The number of aliphatic hydroxyl groups excluding tert-OH is 2. The number of carbonyl (C=O) groups is 1. The molecule has 2 aromatic rings. The summed E-state index contributed by atoms with van der Waals surface area (Å²) in [7, 11) is 0. The molecule has 5 nitrogen and oxygen atoms in total. The molecule has 0 aromatic heterocycles. The Hall–Kier alpha value is -2.11. The van der Waals surface area contributed by atoms with Crippen LogP contribution >= 0.6 is 0 Å². The molecule has 3 atom stereocenters. The van der Waals surface area contributed by atoms with Gasteiger partial charge in [-0.05, 0) is 35.7 Å². The van der Waals surface area contributed by atoms with Crippen LogP contribution in [0.25, 0.3) is 10.8 Å². The number of hydrogen-bond acceptors (Lipinski definition) is 4. The minimum absolute atomic E-state index is 0.0544. The number of aliphatic hydroxyl groups is 2. The lowest BCUT2D eigenvalue weighted by Gasteiger charge is -2.13. The molecule has 3 rings (SSSR count). The maximum absolute atomic E-state index is 12.0. The molecule has 1 amide bonds. The molecule has 1 aliphatic rings. The van der Waals surface area contributed by atoms with E-state index in [1.807, 2.05) is 42.5 Å². The zero-order valence-electron chi connectivity index (χ0n) is 12.8. The first kappa shape index (κ1) is 15.8. The van der Waals surface area contributed by atoms with Crippen molar-refractivity contribution < 1.29 is 19.7 Å². The second-order valence-corrected chi connectivity index (χ2v) is 6.04. The zero-order valence-corrected chi connectivity index (χ0v) is 12.8. The number of fused-ring (bicyclic) bond motifs is 1. The molecular formula is C18H21NO4. The quantitative estimate of drug-likeness (QED) is 0.781. The maximum Gasteiger partial charge on any atom is 0.258 e. The van der Waals surface area contributed by atoms with Crippen molar-refractivity contribution in [3.05, 3.63) is 42.5 Å². The van der Waals surface area contributed by atoms with Crippen molar-refractivity contribution >= 4 is 16.7 Å². The van der Waals surface area contributed by atoms with Gasteiger partial charge in [0, 0.05) is 18.6 Å². The Balaban J connectivity index is 1.52. The summed E-state index contributed by atoms with van der Waals surface area (Å²) in [6, 6.07) is 13.6. The van der Waals surface area contributed by atoms with E-state index in [0.29, 0.717) is 18.6 Å². The standard InChI is InChI=1S/C18H21NO4/c20-10-14-7-15(9-17(14)21)19-18(22)11-23-16-6-5-12-3-1-2-4-13(12)8-16/h1-6,8,14-15,17,20-21H,7,9-11H2,(H,19,22)/t14-,15-,17+/m0/s1. The Morgan fingerprint density at radius 3 is 2.70 bits per heavy atom. The van der Waals surface area contributed by atoms with Gasteiger partial charge in [0.1, 0.15) is 5.75 Å². The molecule has 2 aromatic carbocycles. The molecule has 0 saturated heterocycles. The summed E-state index contributed by atoms with van der Waals surface area (Å²) in [5, 5.41) is 23.9. The van der Waals surface area contributed by atoms with E-state index >= 15 is 0 Å². The molecule has 0 spiro atoms. The average Bonchev–Trinajstić information content (AvgIpc) is 2.92. The fourth-order valence-corrected chi connectivity index (χ4v) is 3.09. The van der Waals surface area contributed by atoms with Crippen molar-refractivity contribution in [2.24, 2.45) is 5.92 Å². The lowest BCUT2D eigenvalue weighted by molar-refractivity contribution is -0.123. The predicted octanol–water partition coefficient (Wildman–Crippen LogP) is 1.47. The predicted molar refractivity (Wildman–Crippen MR) is 87.2 cm³/mol. The second-order valence-electron chi connectivity index (χ2n) is 6.04. The van der Waals surface area contributed by atoms with Crippen LogP contribution in [0.4, 0.5) is 0 Å². The van der Waals surface area contributed by atoms with Gasteiger partial charge in [-0.3, -0.25) is 4.79 Å². The van der Waals surface area contributed by atoms with Crippen LogP contribution in [0.15, 0.2) is 42.5 Å². The monoisotopic (exact) mass is 315 g/mol. The van der Waals surface area contributed by atoms with Crippen molar-refractivity contribution in [2.45, 2.75) is 25.0 Å². The molecule has 0 aliphatic heterocycles. The van der Waals surface area contributed by atoms with Crippen LogP contribution < -0.4 is 10.1 Å². The van der Waals surface area contributed by atoms with Crippen LogP contribution in [-0.2, 0) is 4.79 Å². The Labute approximate surface area is 134 Å². The van der Waals surface area contributed by atoms with Gasteiger partial charge in [-0.15, -0.1) is 0 Å². The van der Waals surface area contributed by atoms with Gasteiger partial charge >= 0.3 is 0 Å². The summed E-state index contributed by atoms with van der Waals surface area (Å²) in [6.45, 7) is -0.115. The third-order valence-electron chi connectivity index (χ3n) is 4.35. The fourth-order valence-electron chi connectivity index (χ4n) is 3.09. The summed E-state index contributed by atoms with van der Waals surface area (Å²) in [6.07, 6.45) is 0.526. The molecule has 0 unspecified atom stereocenters. The van der Waals surface area contributed by atoms with Crippen molar-refractivity contribution in [1.29, 1.82) is 0 Å². The largest absolute Gasteiger partial charge is 0.484 e. The fraction of sp³-hybridized carbons (Fsp3) is 0.389. The molecule has 5 heteroatoms. The summed E-state index contributed by atoms with van der Waals surface area (Å²) >= 11 is 0. The molecule has 1 saturated carbocycles. The summed E-state index contributed by atoms with van der Waals surface area (Å²) in [5.41, 5.74) is 0. The first-order valence-corrected chi connectivity index (χ1v) is 7.85. The van der Waals surface area contributed by atoms with E-state index in [1.54, 1.807) is 0 Å². The van der Waals surface area contributed by atoms with Crippen LogP contribution in [0.3, 0.4) is 0 Å². The lowest BCUT2D eigenvalue weighted by atomic mass is 10.1. The van der Waals surface area contributed by atoms with Gasteiger partial charge in [0.05, 0.1) is 6.10 Å². The molecule has 122 valence electrons. The highest BCUT2D eigenvalue weighted by Crippen LogP contribution is 2.25. The van der Waals surface area contributed by atoms with E-state index in [-0.39, 0.29) is 31.1 Å². The van der Waals surface area contributed by atoms with Crippen LogP contribution in [0.2, 0.25) is 0 Å². The van der Waals surface area contributed by atoms with Crippen LogP contribution in [0.5, 0.6) is 5.75 Å². The van der Waals surface area contributed by atoms with Gasteiger partial charge in [-0.1, -0.05) is 30.3 Å². The summed E-state index contributed by atoms with van der Waals surface area (Å²) in [5.74, 6) is 0.286. The third-order valence-corrected chi connectivity index (χ3v) is 4.35. The molecule has 1 aliphatic carbocycles. The SMILES string of the molecule is O=C(COc1ccc2ccccc2c1)N[C@H]1C[C@@H](CO)[C@H](O)C1. The smallest absolute Gasteiger partial charge is 0.258 e. The molecular weight excluding hydrogens is 294 g/mol. The summed E-state index contributed by atoms with van der Waals surface area (Å²) < 4.78 is 5.54. The average molecular weight is 315 g/mol. The lowest BCUT2D eigenvalue weighted by Crippen LogP contribution is -2.36. The highest BCUT2D eigenvalue weighted by Gasteiger charge is 2.33. The van der Waals surface area contributed by atoms with E-state index in [9.17, 15) is 9.90 Å². The van der Waals surface area contributed by atoms with Gasteiger partial charge in [0.2, 0.25) is 0 Å². The first-order valence-electron chi connectivity index (χ1n) is 7.85. The van der Waals surface area contributed by atoms with E-state index < -0.39 is 6.10 Å². The Kier molecular flexibility index (Phi) is 4.79. The Morgan fingerprint density at radius 1 is 1.17 bits per heavy atom. The number of benzene rings is 2. The van der Waals surface area contributed by atoms with Gasteiger partial charge < -0.3 is 20.3 Å². The van der Waals surface area contributed by atoms with Crippen molar-refractivity contribution in [3.63, 3.8) is 0 Å². The number of amides is 1. The van der Waals surface area contributed by atoms with Crippen molar-refractivity contribution in [3.8, 4) is 5.75 Å². The third kappa shape index (κ3) is 3.81. The number of hydrogen-bond donors (Lipinski definition) is 3. The van der Waals surface area contributed by atoms with Crippen LogP contribution in [-0.4, -0.2) is 41.5 Å². The van der Waals surface area contributed by atoms with Gasteiger partial charge in [-0.25, -0.2) is 0 Å². The molecule has 23 heavy (non-hydrogen) atoms. The zero-order chi connectivity index (χ0) is 16.2. The molecule has 0 radical (unpaired) electrons. The first-order chi connectivity index (χ1) is 11.2. The van der Waals surface area contributed by atoms with Gasteiger partial charge in [0.25, 0.3) is 5.91 Å². The maximum atomic E-state index is 12.0. The van der Waals surface area contributed by atoms with E-state index in [0.717, 1.165) is 10.8 Å². The summed E-state index contributed by atoms with van der Waals surface area (Å²) in [4.78, 5) is 12.0. The molecule has 3 N–H and O–H groups in total. The number of ether oxygens (including phenoxy) is 1. The Morgan fingerprint density at radius 2 is 1.96 bits per heavy atom. The highest BCUT2D eigenvalue weighted by molar-refractivity contribution is 5.84. The van der Waals surface area contributed by atoms with Gasteiger partial charge in [0.15, 0.2) is 6.61 Å². The number of rotatable bonds is 5. The molecule has 1 fully saturated rings.